The summed E-state index contributed by atoms with van der Waals surface area (Å²) in [6.07, 6.45) is 6.36. The average Bonchev–Trinajstić information content (AvgIpc) is 2.88. The van der Waals surface area contributed by atoms with Crippen LogP contribution in [0.2, 0.25) is 0 Å². The van der Waals surface area contributed by atoms with Crippen molar-refractivity contribution >= 4 is 5.69 Å². The summed E-state index contributed by atoms with van der Waals surface area (Å²) >= 11 is 0. The fourth-order valence-electron chi connectivity index (χ4n) is 2.60. The van der Waals surface area contributed by atoms with E-state index in [-0.39, 0.29) is 0 Å². The van der Waals surface area contributed by atoms with Crippen LogP contribution in [0.1, 0.15) is 29.6 Å². The third kappa shape index (κ3) is 2.54. The molecular formula is C14H17N5. The van der Waals surface area contributed by atoms with Crippen molar-refractivity contribution in [3.8, 4) is 0 Å². The maximum absolute atomic E-state index is 4.58. The Morgan fingerprint density at radius 1 is 1.11 bits per heavy atom. The molecule has 1 atom stereocenters. The Bertz CT molecular complexity index is 549. The average molecular weight is 255 g/mol. The first-order valence-corrected chi connectivity index (χ1v) is 6.54. The van der Waals surface area contributed by atoms with E-state index < -0.39 is 0 Å². The lowest BCUT2D eigenvalue weighted by atomic mass is 10.1. The quantitative estimate of drug-likeness (QED) is 0.820. The van der Waals surface area contributed by atoms with Gasteiger partial charge in [-0.2, -0.15) is 0 Å². The van der Waals surface area contributed by atoms with Crippen LogP contribution >= 0.6 is 0 Å². The second-order valence-corrected chi connectivity index (χ2v) is 5.04. The highest BCUT2D eigenvalue weighted by Crippen LogP contribution is 2.28. The summed E-state index contributed by atoms with van der Waals surface area (Å²) in [5.41, 5.74) is 3.17. The van der Waals surface area contributed by atoms with Crippen molar-refractivity contribution in [1.29, 1.82) is 0 Å². The van der Waals surface area contributed by atoms with E-state index in [0.29, 0.717) is 5.92 Å². The van der Waals surface area contributed by atoms with Gasteiger partial charge in [-0.25, -0.2) is 19.9 Å². The number of nitrogens with zero attached hydrogens (tertiary/aromatic N) is 5. The fourth-order valence-corrected chi connectivity index (χ4v) is 2.60. The van der Waals surface area contributed by atoms with Crippen molar-refractivity contribution < 1.29 is 0 Å². The van der Waals surface area contributed by atoms with E-state index in [1.165, 1.54) is 0 Å². The van der Waals surface area contributed by atoms with Gasteiger partial charge in [-0.15, -0.1) is 0 Å². The smallest absolute Gasteiger partial charge is 0.133 e. The van der Waals surface area contributed by atoms with Gasteiger partial charge in [0.2, 0.25) is 0 Å². The summed E-state index contributed by atoms with van der Waals surface area (Å²) in [5, 5.41) is 0. The Morgan fingerprint density at radius 2 is 1.79 bits per heavy atom. The number of anilines is 1. The van der Waals surface area contributed by atoms with E-state index in [0.717, 1.165) is 42.4 Å². The minimum absolute atomic E-state index is 0.402. The highest BCUT2D eigenvalue weighted by atomic mass is 15.2. The molecule has 0 radical (unpaired) electrons. The molecule has 0 saturated carbocycles. The lowest BCUT2D eigenvalue weighted by molar-refractivity contribution is 0.699. The molecule has 2 aromatic rings. The lowest BCUT2D eigenvalue weighted by Gasteiger charge is -2.17. The van der Waals surface area contributed by atoms with Crippen LogP contribution in [0.25, 0.3) is 0 Å². The maximum Gasteiger partial charge on any atom is 0.133 e. The Morgan fingerprint density at radius 3 is 2.47 bits per heavy atom. The summed E-state index contributed by atoms with van der Waals surface area (Å²) in [6.45, 7) is 6.00. The molecule has 5 nitrogen and oxygen atoms in total. The van der Waals surface area contributed by atoms with E-state index in [9.17, 15) is 0 Å². The lowest BCUT2D eigenvalue weighted by Crippen LogP contribution is -2.20. The number of hydrogen-bond acceptors (Lipinski definition) is 5. The van der Waals surface area contributed by atoms with E-state index >= 15 is 0 Å². The Hall–Kier alpha value is -2.04. The van der Waals surface area contributed by atoms with Gasteiger partial charge in [-0.3, -0.25) is 0 Å². The molecule has 0 amide bonds. The Labute approximate surface area is 112 Å². The molecule has 1 fully saturated rings. The number of rotatable bonds is 2. The third-order valence-electron chi connectivity index (χ3n) is 3.47. The SMILES string of the molecule is Cc1cc(C)nc(C2CCN(c3cncnc3)C2)n1. The normalized spacial score (nSPS) is 18.8. The van der Waals surface area contributed by atoms with Crippen LogP contribution in [0, 0.1) is 13.8 Å². The summed E-state index contributed by atoms with van der Waals surface area (Å²) < 4.78 is 0. The number of aromatic nitrogens is 4. The molecule has 1 unspecified atom stereocenters. The molecule has 0 bridgehead atoms. The first-order valence-electron chi connectivity index (χ1n) is 6.54. The molecule has 98 valence electrons. The Balaban J connectivity index is 1.79. The summed E-state index contributed by atoms with van der Waals surface area (Å²) in [6, 6.07) is 2.02. The van der Waals surface area contributed by atoms with Gasteiger partial charge in [0, 0.05) is 30.4 Å². The molecule has 5 heteroatoms. The molecule has 0 aromatic carbocycles. The summed E-state index contributed by atoms with van der Waals surface area (Å²) in [4.78, 5) is 19.6. The number of aryl methyl sites for hydroxylation is 2. The maximum atomic E-state index is 4.58. The van der Waals surface area contributed by atoms with Crippen LogP contribution in [-0.4, -0.2) is 33.0 Å². The molecule has 1 aliphatic heterocycles. The van der Waals surface area contributed by atoms with Crippen molar-refractivity contribution in [2.75, 3.05) is 18.0 Å². The summed E-state index contributed by atoms with van der Waals surface area (Å²) in [7, 11) is 0. The van der Waals surface area contributed by atoms with Gasteiger partial charge in [-0.05, 0) is 26.3 Å². The van der Waals surface area contributed by atoms with Gasteiger partial charge in [0.25, 0.3) is 0 Å². The van der Waals surface area contributed by atoms with Crippen LogP contribution in [0.5, 0.6) is 0 Å². The second-order valence-electron chi connectivity index (χ2n) is 5.04. The van der Waals surface area contributed by atoms with E-state index in [2.05, 4.69) is 24.8 Å². The predicted molar refractivity (Wildman–Crippen MR) is 73.1 cm³/mol. The van der Waals surface area contributed by atoms with Gasteiger partial charge in [0.05, 0.1) is 18.1 Å². The van der Waals surface area contributed by atoms with Crippen molar-refractivity contribution in [2.24, 2.45) is 0 Å². The monoisotopic (exact) mass is 255 g/mol. The van der Waals surface area contributed by atoms with E-state index in [1.54, 1.807) is 6.33 Å². The Kier molecular flexibility index (Phi) is 3.11. The van der Waals surface area contributed by atoms with Crippen LogP contribution < -0.4 is 4.90 Å². The topological polar surface area (TPSA) is 54.8 Å². The van der Waals surface area contributed by atoms with Crippen molar-refractivity contribution in [3.63, 3.8) is 0 Å². The molecule has 0 aliphatic carbocycles. The third-order valence-corrected chi connectivity index (χ3v) is 3.47. The van der Waals surface area contributed by atoms with Gasteiger partial charge >= 0.3 is 0 Å². The molecular weight excluding hydrogens is 238 g/mol. The molecule has 1 saturated heterocycles. The second kappa shape index (κ2) is 4.91. The number of hydrogen-bond donors (Lipinski definition) is 0. The molecule has 0 N–H and O–H groups in total. The molecule has 2 aromatic heterocycles. The van der Waals surface area contributed by atoms with Gasteiger partial charge in [0.1, 0.15) is 12.2 Å². The van der Waals surface area contributed by atoms with Crippen LogP contribution in [0.15, 0.2) is 24.8 Å². The van der Waals surface area contributed by atoms with Crippen LogP contribution in [-0.2, 0) is 0 Å². The van der Waals surface area contributed by atoms with Gasteiger partial charge in [-0.1, -0.05) is 0 Å². The first kappa shape index (κ1) is 12.0. The first-order chi connectivity index (χ1) is 9.22. The molecule has 19 heavy (non-hydrogen) atoms. The van der Waals surface area contributed by atoms with Crippen molar-refractivity contribution in [2.45, 2.75) is 26.2 Å². The molecule has 1 aliphatic rings. The zero-order valence-electron chi connectivity index (χ0n) is 11.2. The highest BCUT2D eigenvalue weighted by molar-refractivity contribution is 5.43. The van der Waals surface area contributed by atoms with Gasteiger partial charge < -0.3 is 4.90 Å². The van der Waals surface area contributed by atoms with E-state index in [1.807, 2.05) is 32.3 Å². The van der Waals surface area contributed by atoms with Crippen molar-refractivity contribution in [1.82, 2.24) is 19.9 Å². The standard InChI is InChI=1S/C14H17N5/c1-10-5-11(2)18-14(17-10)12-3-4-19(8-12)13-6-15-9-16-7-13/h5-7,9,12H,3-4,8H2,1-2H3. The fraction of sp³-hybridized carbons (Fsp3) is 0.429. The van der Waals surface area contributed by atoms with Crippen LogP contribution in [0.4, 0.5) is 5.69 Å². The van der Waals surface area contributed by atoms with Crippen molar-refractivity contribution in [3.05, 3.63) is 42.0 Å². The minimum Gasteiger partial charge on any atom is -0.368 e. The van der Waals surface area contributed by atoms with E-state index in [4.69, 9.17) is 0 Å². The predicted octanol–water partition coefficient (Wildman–Crippen LogP) is 1.88. The zero-order valence-corrected chi connectivity index (χ0v) is 11.2. The molecule has 3 heterocycles. The molecule has 0 spiro atoms. The molecule has 3 rings (SSSR count). The van der Waals surface area contributed by atoms with Crippen LogP contribution in [0.3, 0.4) is 0 Å². The largest absolute Gasteiger partial charge is 0.368 e. The summed E-state index contributed by atoms with van der Waals surface area (Å²) in [5.74, 6) is 1.37. The van der Waals surface area contributed by atoms with Gasteiger partial charge in [0.15, 0.2) is 0 Å². The minimum atomic E-state index is 0.402. The highest BCUT2D eigenvalue weighted by Gasteiger charge is 2.26. The zero-order chi connectivity index (χ0) is 13.2.